The molecular formula is C11H21NO. The third kappa shape index (κ3) is 3.37. The second-order valence-electron chi connectivity index (χ2n) is 4.12. The van der Waals surface area contributed by atoms with E-state index in [1.807, 2.05) is 4.90 Å². The second-order valence-corrected chi connectivity index (χ2v) is 4.12. The van der Waals surface area contributed by atoms with E-state index >= 15 is 0 Å². The third-order valence-corrected chi connectivity index (χ3v) is 2.91. The van der Waals surface area contributed by atoms with Gasteiger partial charge >= 0.3 is 0 Å². The highest BCUT2D eigenvalue weighted by Crippen LogP contribution is 2.20. The number of carbonyl (C=O) groups excluding carboxylic acids is 1. The summed E-state index contributed by atoms with van der Waals surface area (Å²) in [5.74, 6) is 1.01. The van der Waals surface area contributed by atoms with Gasteiger partial charge in [0.15, 0.2) is 0 Å². The fourth-order valence-electron chi connectivity index (χ4n) is 2.16. The Bertz CT molecular complexity index is 167. The molecule has 2 heteroatoms. The van der Waals surface area contributed by atoms with Gasteiger partial charge in [0, 0.05) is 20.0 Å². The molecule has 0 aliphatic carbocycles. The average molecular weight is 183 g/mol. The van der Waals surface area contributed by atoms with Gasteiger partial charge in [-0.2, -0.15) is 0 Å². The maximum absolute atomic E-state index is 11.2. The van der Waals surface area contributed by atoms with Crippen molar-refractivity contribution in [3.8, 4) is 0 Å². The molecule has 13 heavy (non-hydrogen) atoms. The van der Waals surface area contributed by atoms with Crippen LogP contribution in [0.3, 0.4) is 0 Å². The third-order valence-electron chi connectivity index (χ3n) is 2.91. The largest absolute Gasteiger partial charge is 0.343 e. The summed E-state index contributed by atoms with van der Waals surface area (Å²) < 4.78 is 0. The molecule has 0 spiro atoms. The lowest BCUT2D eigenvalue weighted by Gasteiger charge is -2.22. The van der Waals surface area contributed by atoms with Crippen LogP contribution in [0.5, 0.6) is 0 Å². The molecule has 1 saturated heterocycles. The topological polar surface area (TPSA) is 20.3 Å². The molecule has 0 saturated carbocycles. The van der Waals surface area contributed by atoms with Gasteiger partial charge in [-0.05, 0) is 25.2 Å². The number of likely N-dealkylation sites (tertiary alicyclic amines) is 1. The van der Waals surface area contributed by atoms with Crippen molar-refractivity contribution < 1.29 is 4.79 Å². The van der Waals surface area contributed by atoms with Gasteiger partial charge < -0.3 is 4.90 Å². The number of hydrogen-bond donors (Lipinski definition) is 0. The maximum atomic E-state index is 11.2. The van der Waals surface area contributed by atoms with E-state index in [1.54, 1.807) is 6.92 Å². The summed E-state index contributed by atoms with van der Waals surface area (Å²) >= 11 is 0. The van der Waals surface area contributed by atoms with Crippen molar-refractivity contribution in [2.24, 2.45) is 5.92 Å². The normalized spacial score (nSPS) is 24.2. The summed E-state index contributed by atoms with van der Waals surface area (Å²) in [6.45, 7) is 5.90. The van der Waals surface area contributed by atoms with Gasteiger partial charge in [-0.15, -0.1) is 0 Å². The van der Waals surface area contributed by atoms with Crippen LogP contribution in [-0.2, 0) is 4.79 Å². The predicted octanol–water partition coefficient (Wildman–Crippen LogP) is 2.44. The Morgan fingerprint density at radius 1 is 1.46 bits per heavy atom. The fraction of sp³-hybridized carbons (Fsp3) is 0.909. The molecule has 1 fully saturated rings. The standard InChI is InChI=1S/C11H21NO/c1-3-6-11-7-4-5-8-12(9-11)10(2)13/h11H,3-9H2,1-2H3/t11-/m0/s1. The first-order valence-corrected chi connectivity index (χ1v) is 5.49. The Morgan fingerprint density at radius 2 is 2.23 bits per heavy atom. The van der Waals surface area contributed by atoms with E-state index in [0.29, 0.717) is 0 Å². The molecule has 1 heterocycles. The zero-order valence-corrected chi connectivity index (χ0v) is 8.88. The molecule has 0 radical (unpaired) electrons. The molecule has 1 rings (SSSR count). The highest BCUT2D eigenvalue weighted by atomic mass is 16.2. The SMILES string of the molecule is CCC[C@H]1CCCCN(C(C)=O)C1. The van der Waals surface area contributed by atoms with Crippen LogP contribution in [0.2, 0.25) is 0 Å². The van der Waals surface area contributed by atoms with Crippen LogP contribution >= 0.6 is 0 Å². The van der Waals surface area contributed by atoms with Crippen LogP contribution in [-0.4, -0.2) is 23.9 Å². The molecule has 1 amide bonds. The summed E-state index contributed by atoms with van der Waals surface area (Å²) in [4.78, 5) is 13.2. The molecule has 0 aromatic carbocycles. The number of hydrogen-bond acceptors (Lipinski definition) is 1. The first-order valence-electron chi connectivity index (χ1n) is 5.49. The summed E-state index contributed by atoms with van der Waals surface area (Å²) in [7, 11) is 0. The Hall–Kier alpha value is -0.530. The summed E-state index contributed by atoms with van der Waals surface area (Å²) in [5.41, 5.74) is 0. The summed E-state index contributed by atoms with van der Waals surface area (Å²) in [6, 6.07) is 0. The lowest BCUT2D eigenvalue weighted by Crippen LogP contribution is -2.32. The molecule has 0 bridgehead atoms. The highest BCUT2D eigenvalue weighted by molar-refractivity contribution is 5.73. The monoisotopic (exact) mass is 183 g/mol. The first-order chi connectivity index (χ1) is 6.24. The first kappa shape index (κ1) is 10.6. The van der Waals surface area contributed by atoms with E-state index in [9.17, 15) is 4.79 Å². The number of amides is 1. The van der Waals surface area contributed by atoms with E-state index < -0.39 is 0 Å². The zero-order chi connectivity index (χ0) is 9.68. The minimum atomic E-state index is 0.253. The molecule has 0 aromatic heterocycles. The molecule has 0 unspecified atom stereocenters. The number of rotatable bonds is 2. The molecule has 76 valence electrons. The van der Waals surface area contributed by atoms with Gasteiger partial charge in [0.25, 0.3) is 0 Å². The lowest BCUT2D eigenvalue weighted by molar-refractivity contribution is -0.129. The highest BCUT2D eigenvalue weighted by Gasteiger charge is 2.18. The van der Waals surface area contributed by atoms with Gasteiger partial charge in [-0.25, -0.2) is 0 Å². The van der Waals surface area contributed by atoms with Gasteiger partial charge in [-0.3, -0.25) is 4.79 Å². The maximum Gasteiger partial charge on any atom is 0.219 e. The minimum absolute atomic E-state index is 0.253. The quantitative estimate of drug-likeness (QED) is 0.644. The fourth-order valence-corrected chi connectivity index (χ4v) is 2.16. The van der Waals surface area contributed by atoms with E-state index in [4.69, 9.17) is 0 Å². The van der Waals surface area contributed by atoms with Gasteiger partial charge in [0.05, 0.1) is 0 Å². The van der Waals surface area contributed by atoms with Crippen molar-refractivity contribution in [2.45, 2.75) is 46.0 Å². The minimum Gasteiger partial charge on any atom is -0.343 e. The van der Waals surface area contributed by atoms with Crippen LogP contribution in [0.25, 0.3) is 0 Å². The Balaban J connectivity index is 2.44. The van der Waals surface area contributed by atoms with Crippen molar-refractivity contribution in [3.05, 3.63) is 0 Å². The Labute approximate surface area is 81.3 Å². The number of carbonyl (C=O) groups is 1. The molecule has 0 N–H and O–H groups in total. The van der Waals surface area contributed by atoms with Gasteiger partial charge in [-0.1, -0.05) is 19.8 Å². The average Bonchev–Trinajstić information content (AvgIpc) is 2.30. The van der Waals surface area contributed by atoms with Crippen molar-refractivity contribution in [3.63, 3.8) is 0 Å². The second kappa shape index (κ2) is 5.25. The molecular weight excluding hydrogens is 162 g/mol. The van der Waals surface area contributed by atoms with E-state index in [0.717, 1.165) is 19.0 Å². The van der Waals surface area contributed by atoms with Crippen molar-refractivity contribution in [1.29, 1.82) is 0 Å². The van der Waals surface area contributed by atoms with Crippen molar-refractivity contribution >= 4 is 5.91 Å². The zero-order valence-electron chi connectivity index (χ0n) is 8.88. The van der Waals surface area contributed by atoms with Crippen LogP contribution in [0, 0.1) is 5.92 Å². The molecule has 1 atom stereocenters. The van der Waals surface area contributed by atoms with E-state index in [-0.39, 0.29) is 5.91 Å². The van der Waals surface area contributed by atoms with Crippen molar-refractivity contribution in [2.75, 3.05) is 13.1 Å². The Kier molecular flexibility index (Phi) is 4.26. The van der Waals surface area contributed by atoms with Crippen LogP contribution in [0.15, 0.2) is 0 Å². The smallest absolute Gasteiger partial charge is 0.219 e. The molecule has 0 aromatic rings. The number of nitrogens with zero attached hydrogens (tertiary/aromatic N) is 1. The van der Waals surface area contributed by atoms with Crippen LogP contribution < -0.4 is 0 Å². The van der Waals surface area contributed by atoms with Gasteiger partial charge in [0.1, 0.15) is 0 Å². The molecule has 1 aliphatic heterocycles. The van der Waals surface area contributed by atoms with E-state index in [2.05, 4.69) is 6.92 Å². The molecule has 2 nitrogen and oxygen atoms in total. The summed E-state index contributed by atoms with van der Waals surface area (Å²) in [5, 5.41) is 0. The lowest BCUT2D eigenvalue weighted by atomic mass is 9.98. The van der Waals surface area contributed by atoms with Crippen LogP contribution in [0.1, 0.15) is 46.0 Å². The molecule has 1 aliphatic rings. The van der Waals surface area contributed by atoms with Crippen LogP contribution in [0.4, 0.5) is 0 Å². The Morgan fingerprint density at radius 3 is 2.85 bits per heavy atom. The van der Waals surface area contributed by atoms with Gasteiger partial charge in [0.2, 0.25) is 5.91 Å². The summed E-state index contributed by atoms with van der Waals surface area (Å²) in [6.07, 6.45) is 6.34. The van der Waals surface area contributed by atoms with E-state index in [1.165, 1.54) is 32.1 Å². The van der Waals surface area contributed by atoms with Crippen molar-refractivity contribution in [1.82, 2.24) is 4.90 Å². The predicted molar refractivity (Wildman–Crippen MR) is 54.5 cm³/mol.